The highest BCUT2D eigenvalue weighted by molar-refractivity contribution is 7.45. The van der Waals surface area contributed by atoms with Crippen molar-refractivity contribution in [3.63, 3.8) is 0 Å². The van der Waals surface area contributed by atoms with Gasteiger partial charge in [-0.3, -0.25) is 14.2 Å². The Hall–Kier alpha value is -1.51. The van der Waals surface area contributed by atoms with Crippen LogP contribution in [0.5, 0.6) is 0 Å². The van der Waals surface area contributed by atoms with Crippen molar-refractivity contribution in [2.75, 3.05) is 47.5 Å². The lowest BCUT2D eigenvalue weighted by atomic mass is 10.1. The van der Waals surface area contributed by atoms with Crippen LogP contribution >= 0.6 is 7.82 Å². The van der Waals surface area contributed by atoms with Gasteiger partial charge in [-0.1, -0.05) is 141 Å². The molecule has 0 aromatic carbocycles. The zero-order chi connectivity index (χ0) is 37.2. The molecule has 0 aliphatic rings. The lowest BCUT2D eigenvalue weighted by Crippen LogP contribution is -2.37. The molecule has 9 nitrogen and oxygen atoms in total. The van der Waals surface area contributed by atoms with Gasteiger partial charge in [-0.2, -0.15) is 0 Å². The summed E-state index contributed by atoms with van der Waals surface area (Å²) < 4.78 is 33.7. The molecule has 50 heavy (non-hydrogen) atoms. The van der Waals surface area contributed by atoms with E-state index in [4.69, 9.17) is 18.5 Å². The van der Waals surface area contributed by atoms with Gasteiger partial charge in [-0.25, -0.2) is 0 Å². The first-order valence-electron chi connectivity index (χ1n) is 20.0. The second kappa shape index (κ2) is 33.3. The van der Waals surface area contributed by atoms with Gasteiger partial charge in [0, 0.05) is 12.8 Å². The standard InChI is InChI=1S/C40H76NO8P/c1-6-8-10-12-14-16-18-20-22-24-26-28-30-32-39(42)46-36-38(37-48-50(44,45)47-35-34-41(3,4)5)49-40(43)33-31-29-27-25-23-21-19-17-15-13-11-9-7-2/h26-29,38H,6-25,30-37H2,1-5H3/b28-26-,29-27-. The topological polar surface area (TPSA) is 111 Å². The number of carbonyl (C=O) groups excluding carboxylic acids is 2. The van der Waals surface area contributed by atoms with Crippen LogP contribution in [0, 0.1) is 0 Å². The first-order chi connectivity index (χ1) is 24.0. The Bertz CT molecular complexity index is 918. The molecule has 0 spiro atoms. The van der Waals surface area contributed by atoms with Crippen LogP contribution in [0.15, 0.2) is 24.3 Å². The Balaban J connectivity index is 4.50. The number of hydrogen-bond acceptors (Lipinski definition) is 8. The maximum absolute atomic E-state index is 12.6. The number of allylic oxidation sites excluding steroid dienone is 4. The first-order valence-corrected chi connectivity index (χ1v) is 21.5. The average Bonchev–Trinajstić information content (AvgIpc) is 3.06. The smallest absolute Gasteiger partial charge is 0.306 e. The number of phosphoric ester groups is 1. The average molecular weight is 730 g/mol. The van der Waals surface area contributed by atoms with Crippen LogP contribution in [0.2, 0.25) is 0 Å². The number of rotatable bonds is 36. The van der Waals surface area contributed by atoms with E-state index in [9.17, 15) is 19.0 Å². The summed E-state index contributed by atoms with van der Waals surface area (Å²) in [7, 11) is 1.13. The molecular weight excluding hydrogens is 653 g/mol. The fraction of sp³-hybridized carbons (Fsp3) is 0.850. The Kier molecular flexibility index (Phi) is 32.3. The van der Waals surface area contributed by atoms with Gasteiger partial charge in [0.1, 0.15) is 19.8 Å². The molecule has 0 amide bonds. The van der Waals surface area contributed by atoms with Gasteiger partial charge in [0.2, 0.25) is 0 Å². The quantitative estimate of drug-likeness (QED) is 0.0206. The molecule has 0 aliphatic carbocycles. The number of esters is 2. The van der Waals surface area contributed by atoms with E-state index in [1.807, 2.05) is 33.3 Å². The van der Waals surface area contributed by atoms with E-state index in [1.54, 1.807) is 0 Å². The minimum atomic E-state index is -4.63. The predicted octanol–water partition coefficient (Wildman–Crippen LogP) is 10.2. The molecule has 0 saturated carbocycles. The van der Waals surface area contributed by atoms with Crippen molar-refractivity contribution in [3.8, 4) is 0 Å². The lowest BCUT2D eigenvalue weighted by molar-refractivity contribution is -0.870. The predicted molar refractivity (Wildman–Crippen MR) is 204 cm³/mol. The highest BCUT2D eigenvalue weighted by Crippen LogP contribution is 2.38. The van der Waals surface area contributed by atoms with Crippen LogP contribution in [0.4, 0.5) is 0 Å². The minimum absolute atomic E-state index is 0.0399. The van der Waals surface area contributed by atoms with Gasteiger partial charge >= 0.3 is 11.9 Å². The van der Waals surface area contributed by atoms with E-state index in [0.29, 0.717) is 23.9 Å². The van der Waals surface area contributed by atoms with Gasteiger partial charge in [-0.05, 0) is 38.5 Å². The molecular formula is C40H76NO8P. The van der Waals surface area contributed by atoms with Crippen molar-refractivity contribution in [3.05, 3.63) is 24.3 Å². The van der Waals surface area contributed by atoms with Crippen molar-refractivity contribution in [2.45, 2.75) is 174 Å². The second-order valence-electron chi connectivity index (χ2n) is 14.6. The molecule has 0 rings (SSSR count). The highest BCUT2D eigenvalue weighted by Gasteiger charge is 2.21. The molecule has 0 aromatic heterocycles. The van der Waals surface area contributed by atoms with Crippen LogP contribution in [0.25, 0.3) is 0 Å². The zero-order valence-corrected chi connectivity index (χ0v) is 33.7. The number of quaternary nitrogens is 1. The molecule has 0 bridgehead atoms. The Morgan fingerprint density at radius 1 is 0.600 bits per heavy atom. The molecule has 0 saturated heterocycles. The van der Waals surface area contributed by atoms with Gasteiger partial charge in [0.15, 0.2) is 6.10 Å². The minimum Gasteiger partial charge on any atom is -0.756 e. The summed E-state index contributed by atoms with van der Waals surface area (Å²) in [6, 6.07) is 0. The molecule has 0 aromatic rings. The van der Waals surface area contributed by atoms with E-state index in [1.165, 1.54) is 103 Å². The summed E-state index contributed by atoms with van der Waals surface area (Å²) in [5.74, 6) is -0.948. The Labute approximate surface area is 307 Å². The van der Waals surface area contributed by atoms with E-state index in [-0.39, 0.29) is 26.1 Å². The number of carbonyl (C=O) groups is 2. The number of likely N-dealkylation sites (N-methyl/N-ethyl adjacent to an activating group) is 1. The van der Waals surface area contributed by atoms with Crippen molar-refractivity contribution >= 4 is 19.8 Å². The lowest BCUT2D eigenvalue weighted by Gasteiger charge is -2.28. The monoisotopic (exact) mass is 730 g/mol. The van der Waals surface area contributed by atoms with Crippen LogP contribution in [0.3, 0.4) is 0 Å². The summed E-state index contributed by atoms with van der Waals surface area (Å²) in [5.41, 5.74) is 0. The molecule has 0 fully saturated rings. The highest BCUT2D eigenvalue weighted by atomic mass is 31.2. The van der Waals surface area contributed by atoms with Crippen LogP contribution in [0.1, 0.15) is 168 Å². The number of unbranched alkanes of at least 4 members (excludes halogenated alkanes) is 18. The van der Waals surface area contributed by atoms with Crippen molar-refractivity contribution in [2.24, 2.45) is 0 Å². The summed E-state index contributed by atoms with van der Waals surface area (Å²) >= 11 is 0. The van der Waals surface area contributed by atoms with Gasteiger partial charge < -0.3 is 27.9 Å². The summed E-state index contributed by atoms with van der Waals surface area (Å²) in [4.78, 5) is 37.3. The Morgan fingerprint density at radius 2 is 1.02 bits per heavy atom. The number of ether oxygens (including phenoxy) is 2. The van der Waals surface area contributed by atoms with Crippen molar-refractivity contribution < 1.29 is 42.1 Å². The summed E-state index contributed by atoms with van der Waals surface area (Å²) in [6.45, 7) is 4.12. The SMILES string of the molecule is CCCCCCCCCCC/C=C\CCC(=O)OCC(COP(=O)([O-])OCC[N+](C)(C)C)OC(=O)CC/C=C\CCCCCCCCCCC. The van der Waals surface area contributed by atoms with Crippen LogP contribution < -0.4 is 4.89 Å². The van der Waals surface area contributed by atoms with E-state index < -0.39 is 32.5 Å². The van der Waals surface area contributed by atoms with Gasteiger partial charge in [0.05, 0.1) is 27.7 Å². The first kappa shape index (κ1) is 48.5. The number of nitrogens with zero attached hydrogens (tertiary/aromatic N) is 1. The van der Waals surface area contributed by atoms with E-state index in [2.05, 4.69) is 26.0 Å². The molecule has 0 radical (unpaired) electrons. The molecule has 0 aliphatic heterocycles. The fourth-order valence-corrected chi connectivity index (χ4v) is 6.01. The zero-order valence-electron chi connectivity index (χ0n) is 32.8. The second-order valence-corrected chi connectivity index (χ2v) is 16.1. The third-order valence-electron chi connectivity index (χ3n) is 8.47. The van der Waals surface area contributed by atoms with Gasteiger partial charge in [0.25, 0.3) is 7.82 Å². The third kappa shape index (κ3) is 36.3. The van der Waals surface area contributed by atoms with E-state index >= 15 is 0 Å². The molecule has 294 valence electrons. The molecule has 2 atom stereocenters. The summed E-state index contributed by atoms with van der Waals surface area (Å²) in [6.07, 6.45) is 33.7. The maximum atomic E-state index is 12.6. The normalized spacial score (nSPS) is 14.0. The maximum Gasteiger partial charge on any atom is 0.306 e. The molecule has 10 heteroatoms. The van der Waals surface area contributed by atoms with E-state index in [0.717, 1.165) is 25.7 Å². The van der Waals surface area contributed by atoms with Crippen LogP contribution in [-0.4, -0.2) is 70.0 Å². The molecule has 0 N–H and O–H groups in total. The van der Waals surface area contributed by atoms with Crippen molar-refractivity contribution in [1.82, 2.24) is 0 Å². The fourth-order valence-electron chi connectivity index (χ4n) is 5.28. The van der Waals surface area contributed by atoms with Gasteiger partial charge in [-0.15, -0.1) is 0 Å². The number of hydrogen-bond donors (Lipinski definition) is 0. The van der Waals surface area contributed by atoms with Crippen molar-refractivity contribution in [1.29, 1.82) is 0 Å². The summed E-state index contributed by atoms with van der Waals surface area (Å²) in [5, 5.41) is 0. The third-order valence-corrected chi connectivity index (χ3v) is 9.43. The number of phosphoric acid groups is 1. The Morgan fingerprint density at radius 3 is 1.48 bits per heavy atom. The molecule has 2 unspecified atom stereocenters. The largest absolute Gasteiger partial charge is 0.756 e. The van der Waals surface area contributed by atoms with Crippen LogP contribution in [-0.2, 0) is 32.7 Å². The molecule has 0 heterocycles.